The number of thiocarbonyl (C=S) groups is 1. The molecule has 1 fully saturated rings. The van der Waals surface area contributed by atoms with Crippen molar-refractivity contribution in [3.05, 3.63) is 70.0 Å². The van der Waals surface area contributed by atoms with Crippen LogP contribution < -0.4 is 20.3 Å². The molecule has 0 radical (unpaired) electrons. The number of nitrogens with zero attached hydrogens (tertiary/aromatic N) is 2. The van der Waals surface area contributed by atoms with E-state index in [1.54, 1.807) is 0 Å². The van der Waals surface area contributed by atoms with Crippen LogP contribution in [0.25, 0.3) is 10.9 Å². The zero-order chi connectivity index (χ0) is 24.2. The van der Waals surface area contributed by atoms with Crippen molar-refractivity contribution >= 4 is 28.2 Å². The third kappa shape index (κ3) is 5.58. The number of hydrogen-bond donors (Lipinski definition) is 2. The summed E-state index contributed by atoms with van der Waals surface area (Å²) >= 11 is 5.84. The molecule has 184 valence electrons. The van der Waals surface area contributed by atoms with Crippen molar-refractivity contribution in [2.75, 3.05) is 46.2 Å². The van der Waals surface area contributed by atoms with Gasteiger partial charge in [0.25, 0.3) is 5.56 Å². The second kappa shape index (κ2) is 10.6. The molecule has 5 rings (SSSR count). The highest BCUT2D eigenvalue weighted by Crippen LogP contribution is 2.35. The zero-order valence-corrected chi connectivity index (χ0v) is 20.6. The van der Waals surface area contributed by atoms with Crippen LogP contribution in [0.1, 0.15) is 24.1 Å². The Morgan fingerprint density at radius 2 is 1.89 bits per heavy atom. The summed E-state index contributed by atoms with van der Waals surface area (Å²) < 4.78 is 16.4. The number of rotatable bonds is 7. The van der Waals surface area contributed by atoms with Crippen LogP contribution in [0.4, 0.5) is 0 Å². The maximum Gasteiger partial charge on any atom is 0.253 e. The molecule has 2 N–H and O–H groups in total. The van der Waals surface area contributed by atoms with Crippen molar-refractivity contribution in [1.82, 2.24) is 20.1 Å². The highest BCUT2D eigenvalue weighted by molar-refractivity contribution is 7.80. The Hall–Kier alpha value is -3.14. The van der Waals surface area contributed by atoms with Gasteiger partial charge in [-0.3, -0.25) is 9.69 Å². The minimum Gasteiger partial charge on any atom is -0.454 e. The molecule has 2 aromatic carbocycles. The molecule has 2 aliphatic rings. The zero-order valence-electron chi connectivity index (χ0n) is 19.8. The van der Waals surface area contributed by atoms with Crippen molar-refractivity contribution in [1.29, 1.82) is 0 Å². The lowest BCUT2D eigenvalue weighted by atomic mass is 10.1. The smallest absolute Gasteiger partial charge is 0.253 e. The second-order valence-electron chi connectivity index (χ2n) is 8.87. The summed E-state index contributed by atoms with van der Waals surface area (Å²) in [5.41, 5.74) is 2.39. The lowest BCUT2D eigenvalue weighted by Gasteiger charge is -2.32. The fraction of sp³-hybridized carbons (Fsp3) is 0.385. The van der Waals surface area contributed by atoms with Crippen LogP contribution in [-0.2, 0) is 11.3 Å². The van der Waals surface area contributed by atoms with Crippen LogP contribution in [0.2, 0.25) is 0 Å². The van der Waals surface area contributed by atoms with Gasteiger partial charge >= 0.3 is 0 Å². The van der Waals surface area contributed by atoms with E-state index in [9.17, 15) is 4.79 Å². The molecule has 3 aromatic rings. The first-order valence-electron chi connectivity index (χ1n) is 11.9. The van der Waals surface area contributed by atoms with Gasteiger partial charge in [0.05, 0.1) is 31.3 Å². The number of H-pyrrole nitrogens is 1. The standard InChI is InChI=1S/C26H30N4O4S/c1-18(19-5-3-2-4-6-19)27-26(35)30(8-7-29-9-11-32-12-10-29)16-21-13-20-14-23-24(34-17-33-23)15-22(20)28-25(21)31/h2-6,13-15,18H,7-12,16-17H2,1H3,(H,27,35)(H,28,31)/t18-/m0/s1. The van der Waals surface area contributed by atoms with Gasteiger partial charge in [-0.25, -0.2) is 0 Å². The van der Waals surface area contributed by atoms with Gasteiger partial charge in [-0.15, -0.1) is 0 Å². The summed E-state index contributed by atoms with van der Waals surface area (Å²) in [6, 6.07) is 15.9. The molecule has 9 heteroatoms. The highest BCUT2D eigenvalue weighted by Gasteiger charge is 2.20. The van der Waals surface area contributed by atoms with E-state index in [1.807, 2.05) is 36.4 Å². The Morgan fingerprint density at radius 3 is 2.66 bits per heavy atom. The van der Waals surface area contributed by atoms with Crippen molar-refractivity contribution in [3.8, 4) is 11.5 Å². The summed E-state index contributed by atoms with van der Waals surface area (Å²) in [5.74, 6) is 1.34. The van der Waals surface area contributed by atoms with Gasteiger partial charge in [0.2, 0.25) is 6.79 Å². The average Bonchev–Trinajstić information content (AvgIpc) is 3.33. The lowest BCUT2D eigenvalue weighted by Crippen LogP contribution is -2.46. The molecule has 0 unspecified atom stereocenters. The summed E-state index contributed by atoms with van der Waals surface area (Å²) in [4.78, 5) is 20.4. The van der Waals surface area contributed by atoms with E-state index in [4.69, 9.17) is 26.4 Å². The molecular weight excluding hydrogens is 464 g/mol. The third-order valence-corrected chi connectivity index (χ3v) is 6.87. The fourth-order valence-electron chi connectivity index (χ4n) is 4.41. The molecule has 3 heterocycles. The maximum atomic E-state index is 13.0. The molecule has 1 saturated heterocycles. The second-order valence-corrected chi connectivity index (χ2v) is 9.26. The van der Waals surface area contributed by atoms with Gasteiger partial charge in [0.15, 0.2) is 16.6 Å². The Balaban J connectivity index is 1.36. The monoisotopic (exact) mass is 494 g/mol. The molecular formula is C26H30N4O4S. The third-order valence-electron chi connectivity index (χ3n) is 6.49. The number of fused-ring (bicyclic) bond motifs is 2. The lowest BCUT2D eigenvalue weighted by molar-refractivity contribution is 0.0357. The van der Waals surface area contributed by atoms with E-state index in [0.29, 0.717) is 35.3 Å². The van der Waals surface area contributed by atoms with Crippen LogP contribution in [0, 0.1) is 0 Å². The van der Waals surface area contributed by atoms with E-state index in [-0.39, 0.29) is 18.4 Å². The molecule has 8 nitrogen and oxygen atoms in total. The minimum atomic E-state index is -0.133. The first kappa shape index (κ1) is 23.6. The van der Waals surface area contributed by atoms with E-state index < -0.39 is 0 Å². The van der Waals surface area contributed by atoms with Crippen LogP contribution in [0.15, 0.2) is 53.3 Å². The topological polar surface area (TPSA) is 79.1 Å². The van der Waals surface area contributed by atoms with Crippen molar-refractivity contribution < 1.29 is 14.2 Å². The van der Waals surface area contributed by atoms with Crippen LogP contribution in [0.3, 0.4) is 0 Å². The van der Waals surface area contributed by atoms with Gasteiger partial charge in [0, 0.05) is 43.2 Å². The number of ether oxygens (including phenoxy) is 3. The van der Waals surface area contributed by atoms with Gasteiger partial charge in [-0.05, 0) is 36.8 Å². The molecule has 2 aliphatic heterocycles. The molecule has 1 aromatic heterocycles. The normalized spacial score (nSPS) is 16.3. The largest absolute Gasteiger partial charge is 0.454 e. The predicted molar refractivity (Wildman–Crippen MR) is 139 cm³/mol. The van der Waals surface area contributed by atoms with Gasteiger partial charge in [-0.1, -0.05) is 30.3 Å². The summed E-state index contributed by atoms with van der Waals surface area (Å²) in [7, 11) is 0. The minimum absolute atomic E-state index is 0.0456. The number of benzene rings is 2. The number of aromatic nitrogens is 1. The van der Waals surface area contributed by atoms with Crippen LogP contribution in [0.5, 0.6) is 11.5 Å². The van der Waals surface area contributed by atoms with Crippen molar-refractivity contribution in [2.45, 2.75) is 19.5 Å². The Morgan fingerprint density at radius 1 is 1.14 bits per heavy atom. The molecule has 0 saturated carbocycles. The van der Waals surface area contributed by atoms with Gasteiger partial charge < -0.3 is 29.4 Å². The number of pyridine rings is 1. The predicted octanol–water partition coefficient (Wildman–Crippen LogP) is 3.03. The first-order chi connectivity index (χ1) is 17.1. The van der Waals surface area contributed by atoms with E-state index in [1.165, 1.54) is 0 Å². The molecule has 0 aliphatic carbocycles. The van der Waals surface area contributed by atoms with Crippen LogP contribution >= 0.6 is 12.2 Å². The quantitative estimate of drug-likeness (QED) is 0.486. The van der Waals surface area contributed by atoms with Crippen LogP contribution in [-0.4, -0.2) is 66.1 Å². The first-order valence-corrected chi connectivity index (χ1v) is 12.3. The number of hydrogen-bond acceptors (Lipinski definition) is 6. The van der Waals surface area contributed by atoms with Crippen molar-refractivity contribution in [3.63, 3.8) is 0 Å². The summed E-state index contributed by atoms with van der Waals surface area (Å²) in [5, 5.41) is 4.98. The summed E-state index contributed by atoms with van der Waals surface area (Å²) in [6.07, 6.45) is 0. The number of nitrogens with one attached hydrogen (secondary N) is 2. The highest BCUT2D eigenvalue weighted by atomic mass is 32.1. The average molecular weight is 495 g/mol. The van der Waals surface area contributed by atoms with Crippen molar-refractivity contribution in [2.24, 2.45) is 0 Å². The molecule has 0 amide bonds. The molecule has 0 bridgehead atoms. The molecule has 0 spiro atoms. The maximum absolute atomic E-state index is 13.0. The number of morpholine rings is 1. The van der Waals surface area contributed by atoms with E-state index >= 15 is 0 Å². The van der Waals surface area contributed by atoms with Gasteiger partial charge in [0.1, 0.15) is 0 Å². The fourth-order valence-corrected chi connectivity index (χ4v) is 4.74. The van der Waals surface area contributed by atoms with Gasteiger partial charge in [-0.2, -0.15) is 0 Å². The Labute approximate surface area is 209 Å². The SMILES string of the molecule is C[C@H](NC(=S)N(CCN1CCOCC1)Cc1cc2cc3c(cc2[nH]c1=O)OCO3)c1ccccc1. The Kier molecular flexibility index (Phi) is 7.17. The van der Waals surface area contributed by atoms with E-state index in [0.717, 1.165) is 49.3 Å². The Bertz CT molecular complexity index is 1240. The van der Waals surface area contributed by atoms with E-state index in [2.05, 4.69) is 39.2 Å². The summed E-state index contributed by atoms with van der Waals surface area (Å²) in [6.45, 7) is 7.52. The number of aromatic amines is 1. The molecule has 1 atom stereocenters. The molecule has 35 heavy (non-hydrogen) atoms.